The van der Waals surface area contributed by atoms with Gasteiger partial charge >= 0.3 is 0 Å². The highest BCUT2D eigenvalue weighted by molar-refractivity contribution is 7.15. The largest absolute Gasteiger partial charge is 0.317 e. The molecule has 1 aromatic rings. The second-order valence-electron chi connectivity index (χ2n) is 7.10. The summed E-state index contributed by atoms with van der Waals surface area (Å²) >= 11 is 1.69. The van der Waals surface area contributed by atoms with Crippen molar-refractivity contribution in [3.63, 3.8) is 0 Å². The predicted molar refractivity (Wildman–Crippen MR) is 91.8 cm³/mol. The molecule has 2 aliphatic carbocycles. The minimum atomic E-state index is 0. The number of halogens is 1. The van der Waals surface area contributed by atoms with Gasteiger partial charge in [0.15, 0.2) is 5.13 Å². The van der Waals surface area contributed by atoms with Gasteiger partial charge in [-0.1, -0.05) is 6.92 Å². The van der Waals surface area contributed by atoms with Crippen LogP contribution in [0.25, 0.3) is 0 Å². The molecule has 2 unspecified atom stereocenters. The topological polar surface area (TPSA) is 54.0 Å². The van der Waals surface area contributed by atoms with Crippen LogP contribution in [0.4, 0.5) is 5.13 Å². The molecule has 2 fully saturated rings. The van der Waals surface area contributed by atoms with Crippen LogP contribution in [-0.2, 0) is 17.6 Å². The third kappa shape index (κ3) is 2.91. The number of rotatable bonds is 2. The van der Waals surface area contributed by atoms with E-state index in [9.17, 15) is 4.79 Å². The first-order valence-electron chi connectivity index (χ1n) is 8.16. The molecule has 1 saturated carbocycles. The van der Waals surface area contributed by atoms with Crippen molar-refractivity contribution in [3.8, 4) is 0 Å². The molecule has 2 N–H and O–H groups in total. The molecule has 122 valence electrons. The van der Waals surface area contributed by atoms with Crippen LogP contribution in [0.15, 0.2) is 0 Å². The smallest absolute Gasteiger partial charge is 0.229 e. The summed E-state index contributed by atoms with van der Waals surface area (Å²) < 4.78 is 0. The van der Waals surface area contributed by atoms with Crippen LogP contribution in [0, 0.1) is 17.3 Å². The van der Waals surface area contributed by atoms with Crippen molar-refractivity contribution in [1.29, 1.82) is 0 Å². The Kier molecular flexibility index (Phi) is 4.49. The van der Waals surface area contributed by atoms with Gasteiger partial charge in [0.05, 0.1) is 5.69 Å². The third-order valence-electron chi connectivity index (χ3n) is 5.52. The van der Waals surface area contributed by atoms with Gasteiger partial charge in [-0.3, -0.25) is 4.79 Å². The first-order chi connectivity index (χ1) is 10.2. The summed E-state index contributed by atoms with van der Waals surface area (Å²) in [6.07, 6.45) is 6.79. The summed E-state index contributed by atoms with van der Waals surface area (Å²) in [5, 5.41) is 7.31. The van der Waals surface area contributed by atoms with Gasteiger partial charge in [0.2, 0.25) is 5.91 Å². The Hall–Kier alpha value is -0.650. The Bertz CT molecular complexity index is 568. The zero-order valence-corrected chi connectivity index (χ0v) is 14.6. The lowest BCUT2D eigenvalue weighted by Crippen LogP contribution is -2.31. The molecule has 3 aliphatic rings. The fourth-order valence-corrected chi connectivity index (χ4v) is 5.16. The lowest BCUT2D eigenvalue weighted by molar-refractivity contribution is -0.118. The second-order valence-corrected chi connectivity index (χ2v) is 8.18. The number of piperidine rings is 1. The molecule has 2 atom stereocenters. The van der Waals surface area contributed by atoms with Crippen molar-refractivity contribution in [1.82, 2.24) is 10.3 Å². The average Bonchev–Trinajstić information content (AvgIpc) is 3.01. The van der Waals surface area contributed by atoms with Gasteiger partial charge in [-0.25, -0.2) is 4.98 Å². The van der Waals surface area contributed by atoms with Crippen molar-refractivity contribution in [3.05, 3.63) is 10.6 Å². The number of hydrogen-bond donors (Lipinski definition) is 2. The van der Waals surface area contributed by atoms with Gasteiger partial charge in [-0.15, -0.1) is 23.7 Å². The highest BCUT2D eigenvalue weighted by Crippen LogP contribution is 2.58. The third-order valence-corrected chi connectivity index (χ3v) is 6.56. The van der Waals surface area contributed by atoms with Crippen LogP contribution in [-0.4, -0.2) is 24.0 Å². The molecule has 6 heteroatoms. The van der Waals surface area contributed by atoms with Crippen LogP contribution >= 0.6 is 23.7 Å². The van der Waals surface area contributed by atoms with E-state index >= 15 is 0 Å². The standard InChI is InChI=1S/C16H23N3OS.ClH/c1-10-2-3-12-13(8-10)21-15(18-12)19-14(20)11-9-16(11)4-6-17-7-5-16;/h10-11,17H,2-9H2,1H3,(H,18,19,20);1H. The van der Waals surface area contributed by atoms with E-state index in [0.717, 1.165) is 56.2 Å². The molecular formula is C16H24ClN3OS. The molecule has 0 radical (unpaired) electrons. The normalized spacial score (nSPS) is 28.6. The fraction of sp³-hybridized carbons (Fsp3) is 0.750. The number of nitrogens with one attached hydrogen (secondary N) is 2. The van der Waals surface area contributed by atoms with E-state index in [1.807, 2.05) is 0 Å². The van der Waals surface area contributed by atoms with Gasteiger partial charge in [-0.05, 0) is 62.9 Å². The monoisotopic (exact) mass is 341 g/mol. The summed E-state index contributed by atoms with van der Waals surface area (Å²) in [4.78, 5) is 18.5. The molecule has 4 nitrogen and oxygen atoms in total. The van der Waals surface area contributed by atoms with Gasteiger partial charge in [0.25, 0.3) is 0 Å². The number of nitrogens with zero attached hydrogens (tertiary/aromatic N) is 1. The zero-order valence-electron chi connectivity index (χ0n) is 13.0. The van der Waals surface area contributed by atoms with E-state index in [4.69, 9.17) is 0 Å². The summed E-state index contributed by atoms with van der Waals surface area (Å²) in [6, 6.07) is 0. The van der Waals surface area contributed by atoms with E-state index < -0.39 is 0 Å². The number of aromatic nitrogens is 1. The predicted octanol–water partition coefficient (Wildman–Crippen LogP) is 3.02. The molecule has 1 aliphatic heterocycles. The molecule has 0 bridgehead atoms. The molecule has 0 aromatic carbocycles. The highest BCUT2D eigenvalue weighted by Gasteiger charge is 2.57. The summed E-state index contributed by atoms with van der Waals surface area (Å²) in [5.74, 6) is 1.18. The minimum Gasteiger partial charge on any atom is -0.317 e. The van der Waals surface area contributed by atoms with E-state index in [-0.39, 0.29) is 24.2 Å². The number of amides is 1. The van der Waals surface area contributed by atoms with Crippen LogP contribution in [0.2, 0.25) is 0 Å². The van der Waals surface area contributed by atoms with Crippen LogP contribution in [0.5, 0.6) is 0 Å². The van der Waals surface area contributed by atoms with Gasteiger partial charge in [0.1, 0.15) is 0 Å². The molecule has 2 heterocycles. The Morgan fingerprint density at radius 3 is 2.95 bits per heavy atom. The van der Waals surface area contributed by atoms with Crippen molar-refractivity contribution in [2.45, 2.75) is 45.4 Å². The molecule has 1 amide bonds. The number of hydrogen-bond acceptors (Lipinski definition) is 4. The molecule has 22 heavy (non-hydrogen) atoms. The van der Waals surface area contributed by atoms with E-state index in [2.05, 4.69) is 22.5 Å². The molecule has 1 spiro atoms. The van der Waals surface area contributed by atoms with Crippen molar-refractivity contribution in [2.24, 2.45) is 17.3 Å². The molecule has 1 saturated heterocycles. The zero-order chi connectivity index (χ0) is 14.4. The second kappa shape index (κ2) is 6.10. The average molecular weight is 342 g/mol. The minimum absolute atomic E-state index is 0. The van der Waals surface area contributed by atoms with Crippen molar-refractivity contribution in [2.75, 3.05) is 18.4 Å². The van der Waals surface area contributed by atoms with Gasteiger partial charge in [0, 0.05) is 10.8 Å². The fourth-order valence-electron chi connectivity index (χ4n) is 3.98. The van der Waals surface area contributed by atoms with Crippen molar-refractivity contribution < 1.29 is 4.79 Å². The van der Waals surface area contributed by atoms with E-state index in [1.54, 1.807) is 11.3 Å². The van der Waals surface area contributed by atoms with Gasteiger partial charge in [-0.2, -0.15) is 0 Å². The lowest BCUT2D eigenvalue weighted by Gasteiger charge is -2.22. The molecule has 1 aromatic heterocycles. The molecule has 4 rings (SSSR count). The lowest BCUT2D eigenvalue weighted by atomic mass is 9.92. The Morgan fingerprint density at radius 2 is 2.18 bits per heavy atom. The first-order valence-corrected chi connectivity index (χ1v) is 8.98. The SMILES string of the molecule is CC1CCc2nc(NC(=O)C3CC34CCNCC4)sc2C1.Cl. The summed E-state index contributed by atoms with van der Waals surface area (Å²) in [6.45, 7) is 4.42. The Labute approximate surface area is 141 Å². The number of anilines is 1. The maximum atomic E-state index is 12.5. The highest BCUT2D eigenvalue weighted by atomic mass is 35.5. The van der Waals surface area contributed by atoms with Gasteiger partial charge < -0.3 is 10.6 Å². The summed E-state index contributed by atoms with van der Waals surface area (Å²) in [7, 11) is 0. The number of carbonyl (C=O) groups is 1. The summed E-state index contributed by atoms with van der Waals surface area (Å²) in [5.41, 5.74) is 1.53. The van der Waals surface area contributed by atoms with Crippen molar-refractivity contribution >= 4 is 34.8 Å². The number of carbonyl (C=O) groups excluding carboxylic acids is 1. The first kappa shape index (κ1) is 16.2. The van der Waals surface area contributed by atoms with Crippen LogP contribution in [0.3, 0.4) is 0 Å². The number of fused-ring (bicyclic) bond motifs is 1. The maximum Gasteiger partial charge on any atom is 0.229 e. The van der Waals surface area contributed by atoms with E-state index in [0.29, 0.717) is 5.41 Å². The Balaban J connectivity index is 0.00000144. The van der Waals surface area contributed by atoms with Crippen LogP contribution in [0.1, 0.15) is 43.2 Å². The number of aryl methyl sites for hydroxylation is 1. The van der Waals surface area contributed by atoms with E-state index in [1.165, 1.54) is 17.0 Å². The van der Waals surface area contributed by atoms with Crippen LogP contribution < -0.4 is 10.6 Å². The maximum absolute atomic E-state index is 12.5. The molecular weight excluding hydrogens is 318 g/mol. The number of thiazole rings is 1. The Morgan fingerprint density at radius 1 is 1.41 bits per heavy atom. The quantitative estimate of drug-likeness (QED) is 0.869.